The van der Waals surface area contributed by atoms with Crippen LogP contribution in [0.2, 0.25) is 0 Å². The highest BCUT2D eigenvalue weighted by Crippen LogP contribution is 2.40. The van der Waals surface area contributed by atoms with Gasteiger partial charge in [0.25, 0.3) is 10.0 Å². The summed E-state index contributed by atoms with van der Waals surface area (Å²) in [5.74, 6) is -0.00133. The third-order valence-electron chi connectivity index (χ3n) is 3.71. The van der Waals surface area contributed by atoms with Crippen molar-refractivity contribution >= 4 is 15.8 Å². The maximum Gasteiger partial charge on any atom is 0.433 e. The third kappa shape index (κ3) is 3.90. The van der Waals surface area contributed by atoms with Crippen LogP contribution in [0.3, 0.4) is 0 Å². The van der Waals surface area contributed by atoms with Gasteiger partial charge in [0.05, 0.1) is 17.6 Å². The number of anilines is 1. The summed E-state index contributed by atoms with van der Waals surface area (Å²) in [5.41, 5.74) is -1.43. The Bertz CT molecular complexity index is 1030. The summed E-state index contributed by atoms with van der Waals surface area (Å²) < 4.78 is 72.2. The van der Waals surface area contributed by atoms with Gasteiger partial charge in [0, 0.05) is 0 Å². The molecule has 3 rings (SSSR count). The Kier molecular flexibility index (Phi) is 4.83. The first-order chi connectivity index (χ1) is 12.7. The Balaban J connectivity index is 2.09. The highest BCUT2D eigenvalue weighted by molar-refractivity contribution is 7.92. The predicted molar refractivity (Wildman–Crippen MR) is 92.8 cm³/mol. The van der Waals surface area contributed by atoms with Crippen LogP contribution in [-0.4, -0.2) is 25.7 Å². The zero-order valence-corrected chi connectivity index (χ0v) is 14.7. The molecular formula is C17H14F3N3O3S. The molecule has 27 heavy (non-hydrogen) atoms. The lowest BCUT2D eigenvalue weighted by molar-refractivity contribution is -0.140. The number of aromatic nitrogens is 2. The number of H-pyrrole nitrogens is 1. The number of hydrogen-bond acceptors (Lipinski definition) is 4. The summed E-state index contributed by atoms with van der Waals surface area (Å²) in [6.45, 7) is 0. The summed E-state index contributed by atoms with van der Waals surface area (Å²) >= 11 is 0. The van der Waals surface area contributed by atoms with E-state index in [-0.39, 0.29) is 10.5 Å². The molecule has 0 aliphatic carbocycles. The van der Waals surface area contributed by atoms with Crippen molar-refractivity contribution in [1.82, 2.24) is 10.2 Å². The Morgan fingerprint density at radius 2 is 1.67 bits per heavy atom. The van der Waals surface area contributed by atoms with Gasteiger partial charge in [0.1, 0.15) is 11.4 Å². The molecule has 0 fully saturated rings. The normalized spacial score (nSPS) is 12.0. The number of rotatable bonds is 5. The number of nitrogens with zero attached hydrogens (tertiary/aromatic N) is 1. The summed E-state index contributed by atoms with van der Waals surface area (Å²) in [7, 11) is -2.69. The number of aromatic amines is 1. The minimum Gasteiger partial charge on any atom is -0.497 e. The predicted octanol–water partition coefficient (Wildman–Crippen LogP) is 3.90. The minimum absolute atomic E-state index is 0.0951. The zero-order chi connectivity index (χ0) is 19.7. The van der Waals surface area contributed by atoms with Gasteiger partial charge in [-0.3, -0.25) is 9.82 Å². The van der Waals surface area contributed by atoms with Crippen molar-refractivity contribution in [2.75, 3.05) is 11.8 Å². The second kappa shape index (κ2) is 6.95. The molecule has 10 heteroatoms. The first kappa shape index (κ1) is 18.8. The Labute approximate surface area is 153 Å². The summed E-state index contributed by atoms with van der Waals surface area (Å²) in [5, 5.41) is 5.43. The molecule has 2 N–H and O–H groups in total. The molecule has 0 radical (unpaired) electrons. The molecule has 0 aliphatic heterocycles. The van der Waals surface area contributed by atoms with Crippen molar-refractivity contribution in [2.45, 2.75) is 11.1 Å². The molecule has 3 aromatic rings. The van der Waals surface area contributed by atoms with Gasteiger partial charge in [-0.05, 0) is 29.8 Å². The molecule has 0 atom stereocenters. The molecule has 1 heterocycles. The van der Waals surface area contributed by atoms with Crippen molar-refractivity contribution in [1.29, 1.82) is 0 Å². The Hall–Kier alpha value is -3.01. The molecular weight excluding hydrogens is 383 g/mol. The van der Waals surface area contributed by atoms with Gasteiger partial charge in [0.2, 0.25) is 0 Å². The molecule has 2 aromatic carbocycles. The molecule has 0 bridgehead atoms. The van der Waals surface area contributed by atoms with Crippen LogP contribution in [0.5, 0.6) is 5.75 Å². The highest BCUT2D eigenvalue weighted by atomic mass is 32.2. The highest BCUT2D eigenvalue weighted by Gasteiger charge is 2.38. The van der Waals surface area contributed by atoms with E-state index in [2.05, 4.69) is 9.82 Å². The van der Waals surface area contributed by atoms with Crippen LogP contribution < -0.4 is 9.46 Å². The number of hydrogen-bond donors (Lipinski definition) is 2. The molecule has 0 aliphatic rings. The van der Waals surface area contributed by atoms with Crippen LogP contribution in [0.1, 0.15) is 5.69 Å². The number of alkyl halides is 3. The molecule has 0 amide bonds. The SMILES string of the molecule is COc1ccc(-c2c(NS(=O)(=O)c3ccccc3)n[nH]c2C(F)(F)F)cc1. The Morgan fingerprint density at radius 3 is 2.22 bits per heavy atom. The molecule has 0 saturated heterocycles. The second-order valence-corrected chi connectivity index (χ2v) is 7.15. The first-order valence-corrected chi connectivity index (χ1v) is 9.08. The number of methoxy groups -OCH3 is 1. The van der Waals surface area contributed by atoms with Crippen LogP contribution >= 0.6 is 0 Å². The van der Waals surface area contributed by atoms with Crippen molar-refractivity contribution < 1.29 is 26.3 Å². The lowest BCUT2D eigenvalue weighted by Gasteiger charge is -2.11. The standard InChI is InChI=1S/C17H14F3N3O3S/c1-26-12-9-7-11(8-10-12)14-15(17(18,19)20)21-22-16(14)23-27(24,25)13-5-3-2-4-6-13/h2-10H,1H3,(H2,21,22,23). The molecule has 0 spiro atoms. The quantitative estimate of drug-likeness (QED) is 0.684. The van der Waals surface area contributed by atoms with Crippen LogP contribution in [0.15, 0.2) is 59.5 Å². The van der Waals surface area contributed by atoms with Crippen LogP contribution in [0.25, 0.3) is 11.1 Å². The lowest BCUT2D eigenvalue weighted by atomic mass is 10.1. The molecule has 0 unspecified atom stereocenters. The van der Waals surface area contributed by atoms with Gasteiger partial charge in [-0.2, -0.15) is 18.3 Å². The molecule has 6 nitrogen and oxygen atoms in total. The van der Waals surface area contributed by atoms with E-state index >= 15 is 0 Å². The number of halogens is 3. The average Bonchev–Trinajstić information content (AvgIpc) is 3.06. The third-order valence-corrected chi connectivity index (χ3v) is 5.07. The van der Waals surface area contributed by atoms with E-state index in [9.17, 15) is 21.6 Å². The zero-order valence-electron chi connectivity index (χ0n) is 13.9. The minimum atomic E-state index is -4.75. The van der Waals surface area contributed by atoms with E-state index in [1.54, 1.807) is 6.07 Å². The van der Waals surface area contributed by atoms with E-state index < -0.39 is 33.3 Å². The van der Waals surface area contributed by atoms with Crippen LogP contribution in [0.4, 0.5) is 19.0 Å². The van der Waals surface area contributed by atoms with Gasteiger partial charge in [-0.25, -0.2) is 8.42 Å². The van der Waals surface area contributed by atoms with E-state index in [4.69, 9.17) is 4.74 Å². The van der Waals surface area contributed by atoms with Gasteiger partial charge in [0.15, 0.2) is 5.82 Å². The fourth-order valence-corrected chi connectivity index (χ4v) is 3.48. The average molecular weight is 397 g/mol. The summed E-state index contributed by atoms with van der Waals surface area (Å²) in [6.07, 6.45) is -4.75. The summed E-state index contributed by atoms with van der Waals surface area (Å²) in [6, 6.07) is 13.0. The first-order valence-electron chi connectivity index (χ1n) is 7.60. The van der Waals surface area contributed by atoms with Crippen molar-refractivity contribution in [3.63, 3.8) is 0 Å². The topological polar surface area (TPSA) is 84.1 Å². The van der Waals surface area contributed by atoms with E-state index in [0.29, 0.717) is 5.75 Å². The largest absolute Gasteiger partial charge is 0.497 e. The lowest BCUT2D eigenvalue weighted by Crippen LogP contribution is -2.14. The van der Waals surface area contributed by atoms with Crippen molar-refractivity contribution in [2.24, 2.45) is 0 Å². The molecule has 1 aromatic heterocycles. The van der Waals surface area contributed by atoms with Gasteiger partial charge >= 0.3 is 6.18 Å². The monoisotopic (exact) mass is 397 g/mol. The number of benzene rings is 2. The number of nitrogens with one attached hydrogen (secondary N) is 2. The maximum absolute atomic E-state index is 13.4. The smallest absolute Gasteiger partial charge is 0.433 e. The van der Waals surface area contributed by atoms with Gasteiger partial charge < -0.3 is 4.74 Å². The summed E-state index contributed by atoms with van der Waals surface area (Å²) in [4.78, 5) is -0.0951. The van der Waals surface area contributed by atoms with Crippen LogP contribution in [-0.2, 0) is 16.2 Å². The molecule has 0 saturated carbocycles. The number of ether oxygens (including phenoxy) is 1. The van der Waals surface area contributed by atoms with Gasteiger partial charge in [-0.15, -0.1) is 0 Å². The fourth-order valence-electron chi connectivity index (χ4n) is 2.45. The fraction of sp³-hybridized carbons (Fsp3) is 0.118. The maximum atomic E-state index is 13.4. The van der Waals surface area contributed by atoms with E-state index in [1.165, 1.54) is 55.6 Å². The van der Waals surface area contributed by atoms with Crippen molar-refractivity contribution in [3.8, 4) is 16.9 Å². The number of sulfonamides is 1. The molecule has 142 valence electrons. The Morgan fingerprint density at radius 1 is 1.04 bits per heavy atom. The van der Waals surface area contributed by atoms with Crippen molar-refractivity contribution in [3.05, 3.63) is 60.3 Å². The van der Waals surface area contributed by atoms with Crippen LogP contribution in [0, 0.1) is 0 Å². The van der Waals surface area contributed by atoms with E-state index in [0.717, 1.165) is 0 Å². The van der Waals surface area contributed by atoms with Gasteiger partial charge in [-0.1, -0.05) is 30.3 Å². The second-order valence-electron chi connectivity index (χ2n) is 5.47. The van der Waals surface area contributed by atoms with E-state index in [1.807, 2.05) is 5.10 Å².